The molecule has 0 bridgehead atoms. The van der Waals surface area contributed by atoms with Crippen molar-refractivity contribution in [2.45, 2.75) is 45.6 Å². The van der Waals surface area contributed by atoms with Crippen LogP contribution in [0.2, 0.25) is 0 Å². The number of esters is 1. The summed E-state index contributed by atoms with van der Waals surface area (Å²) < 4.78 is 10.4. The predicted octanol–water partition coefficient (Wildman–Crippen LogP) is 3.13. The minimum Gasteiger partial charge on any atom is -0.467 e. The van der Waals surface area contributed by atoms with Crippen molar-refractivity contribution >= 4 is 5.97 Å². The van der Waals surface area contributed by atoms with Crippen molar-refractivity contribution in [1.29, 1.82) is 0 Å². The zero-order valence-corrected chi connectivity index (χ0v) is 11.6. The fourth-order valence-electron chi connectivity index (χ4n) is 2.65. The van der Waals surface area contributed by atoms with Gasteiger partial charge in [-0.25, -0.2) is 4.79 Å². The molecule has 4 heteroatoms. The molecule has 0 saturated heterocycles. The molecule has 0 spiro atoms. The Morgan fingerprint density at radius 2 is 2.21 bits per heavy atom. The lowest BCUT2D eigenvalue weighted by atomic mass is 9.89. The Morgan fingerprint density at radius 1 is 1.42 bits per heavy atom. The van der Waals surface area contributed by atoms with E-state index >= 15 is 0 Å². The highest BCUT2D eigenvalue weighted by Gasteiger charge is 2.17. The van der Waals surface area contributed by atoms with Crippen LogP contribution in [0.1, 0.15) is 55.1 Å². The van der Waals surface area contributed by atoms with Gasteiger partial charge in [-0.15, -0.1) is 0 Å². The van der Waals surface area contributed by atoms with Gasteiger partial charge in [0, 0.05) is 0 Å². The van der Waals surface area contributed by atoms with E-state index < -0.39 is 0 Å². The highest BCUT2D eigenvalue weighted by Crippen LogP contribution is 2.23. The summed E-state index contributed by atoms with van der Waals surface area (Å²) >= 11 is 0. The number of nitrogens with one attached hydrogen (secondary N) is 1. The molecule has 1 saturated carbocycles. The lowest BCUT2D eigenvalue weighted by Gasteiger charge is -2.21. The number of carbonyl (C=O) groups excluding carboxylic acids is 1. The normalized spacial score (nSPS) is 16.5. The quantitative estimate of drug-likeness (QED) is 0.803. The van der Waals surface area contributed by atoms with Crippen LogP contribution in [0.4, 0.5) is 0 Å². The minimum atomic E-state index is -0.300. The second kappa shape index (κ2) is 7.34. The van der Waals surface area contributed by atoms with Crippen molar-refractivity contribution in [3.8, 4) is 0 Å². The maximum absolute atomic E-state index is 11.7. The van der Waals surface area contributed by atoms with E-state index in [0.29, 0.717) is 24.5 Å². The van der Waals surface area contributed by atoms with Crippen molar-refractivity contribution in [3.05, 3.63) is 23.7 Å². The number of ether oxygens (including phenoxy) is 1. The van der Waals surface area contributed by atoms with E-state index in [-0.39, 0.29) is 5.97 Å². The van der Waals surface area contributed by atoms with Crippen molar-refractivity contribution in [2.75, 3.05) is 13.2 Å². The number of rotatable bonds is 6. The van der Waals surface area contributed by atoms with Gasteiger partial charge in [0.1, 0.15) is 11.3 Å². The van der Waals surface area contributed by atoms with Gasteiger partial charge >= 0.3 is 5.97 Å². The lowest BCUT2D eigenvalue weighted by Crippen LogP contribution is -2.24. The Balaban J connectivity index is 1.79. The average molecular weight is 265 g/mol. The molecule has 0 atom stereocenters. The first-order chi connectivity index (χ1) is 9.31. The number of carbonyl (C=O) groups is 1. The Labute approximate surface area is 114 Å². The molecule has 1 fully saturated rings. The van der Waals surface area contributed by atoms with Gasteiger partial charge < -0.3 is 14.5 Å². The molecule has 1 aromatic heterocycles. The van der Waals surface area contributed by atoms with Crippen LogP contribution < -0.4 is 5.32 Å². The van der Waals surface area contributed by atoms with Crippen molar-refractivity contribution < 1.29 is 13.9 Å². The molecule has 19 heavy (non-hydrogen) atoms. The summed E-state index contributed by atoms with van der Waals surface area (Å²) in [6, 6.07) is 1.68. The third kappa shape index (κ3) is 4.10. The zero-order valence-electron chi connectivity index (χ0n) is 11.6. The summed E-state index contributed by atoms with van der Waals surface area (Å²) in [5, 5.41) is 3.39. The van der Waals surface area contributed by atoms with Crippen molar-refractivity contribution in [2.24, 2.45) is 5.92 Å². The molecule has 1 N–H and O–H groups in total. The van der Waals surface area contributed by atoms with Crippen LogP contribution >= 0.6 is 0 Å². The summed E-state index contributed by atoms with van der Waals surface area (Å²) in [5.41, 5.74) is 0.540. The molecule has 0 unspecified atom stereocenters. The molecular weight excluding hydrogens is 242 g/mol. The molecule has 1 aliphatic rings. The molecule has 4 nitrogen and oxygen atoms in total. The van der Waals surface area contributed by atoms with Gasteiger partial charge in [-0.05, 0) is 38.3 Å². The van der Waals surface area contributed by atoms with Crippen LogP contribution in [0.15, 0.2) is 16.7 Å². The predicted molar refractivity (Wildman–Crippen MR) is 72.9 cm³/mol. The van der Waals surface area contributed by atoms with Crippen LogP contribution in [-0.2, 0) is 11.3 Å². The average Bonchev–Trinajstić information content (AvgIpc) is 2.89. The monoisotopic (exact) mass is 265 g/mol. The third-order valence-electron chi connectivity index (χ3n) is 3.68. The Morgan fingerprint density at radius 3 is 2.95 bits per heavy atom. The van der Waals surface area contributed by atoms with E-state index in [1.54, 1.807) is 19.3 Å². The van der Waals surface area contributed by atoms with Crippen molar-refractivity contribution in [1.82, 2.24) is 5.32 Å². The van der Waals surface area contributed by atoms with Crippen molar-refractivity contribution in [3.63, 3.8) is 0 Å². The van der Waals surface area contributed by atoms with Crippen LogP contribution in [0, 0.1) is 5.92 Å². The van der Waals surface area contributed by atoms with Gasteiger partial charge in [0.2, 0.25) is 0 Å². The summed E-state index contributed by atoms with van der Waals surface area (Å²) in [7, 11) is 0. The van der Waals surface area contributed by atoms with E-state index in [1.807, 2.05) is 0 Å². The fourth-order valence-corrected chi connectivity index (χ4v) is 2.65. The molecule has 106 valence electrons. The molecule has 0 amide bonds. The Bertz CT molecular complexity index is 394. The molecule has 0 aliphatic heterocycles. The van der Waals surface area contributed by atoms with Crippen LogP contribution in [0.25, 0.3) is 0 Å². The summed E-state index contributed by atoms with van der Waals surface area (Å²) in [6.07, 6.45) is 8.25. The van der Waals surface area contributed by atoms with E-state index in [2.05, 4.69) is 5.32 Å². The summed E-state index contributed by atoms with van der Waals surface area (Å²) in [6.45, 7) is 3.79. The second-order valence-corrected chi connectivity index (χ2v) is 5.11. The molecule has 0 aromatic carbocycles. The number of hydrogen-bond donors (Lipinski definition) is 1. The first-order valence-corrected chi connectivity index (χ1v) is 7.25. The summed E-state index contributed by atoms with van der Waals surface area (Å²) in [4.78, 5) is 11.7. The molecule has 1 aromatic rings. The van der Waals surface area contributed by atoms with E-state index in [9.17, 15) is 4.79 Å². The van der Waals surface area contributed by atoms with Crippen LogP contribution in [-0.4, -0.2) is 19.1 Å². The zero-order chi connectivity index (χ0) is 13.5. The number of hydrogen-bond acceptors (Lipinski definition) is 4. The van der Waals surface area contributed by atoms with Crippen LogP contribution in [0.3, 0.4) is 0 Å². The maximum Gasteiger partial charge on any atom is 0.341 e. The smallest absolute Gasteiger partial charge is 0.341 e. The Kier molecular flexibility index (Phi) is 5.45. The van der Waals surface area contributed by atoms with Gasteiger partial charge in [0.15, 0.2) is 0 Å². The highest BCUT2D eigenvalue weighted by molar-refractivity contribution is 5.90. The standard InChI is InChI=1S/C15H23NO3/c1-2-18-15(17)13-8-9-19-14(13)11-16-10-12-6-4-3-5-7-12/h8-9,12,16H,2-7,10-11H2,1H3. The van der Waals surface area contributed by atoms with Gasteiger partial charge in [0.25, 0.3) is 0 Å². The van der Waals surface area contributed by atoms with E-state index in [0.717, 1.165) is 12.5 Å². The van der Waals surface area contributed by atoms with E-state index in [4.69, 9.17) is 9.15 Å². The topological polar surface area (TPSA) is 51.5 Å². The van der Waals surface area contributed by atoms with Crippen LogP contribution in [0.5, 0.6) is 0 Å². The van der Waals surface area contributed by atoms with Gasteiger partial charge in [-0.1, -0.05) is 19.3 Å². The first kappa shape index (κ1) is 14.1. The largest absolute Gasteiger partial charge is 0.467 e. The maximum atomic E-state index is 11.7. The Hall–Kier alpha value is -1.29. The van der Waals surface area contributed by atoms with Gasteiger partial charge in [0.05, 0.1) is 19.4 Å². The minimum absolute atomic E-state index is 0.300. The fraction of sp³-hybridized carbons (Fsp3) is 0.667. The second-order valence-electron chi connectivity index (χ2n) is 5.11. The first-order valence-electron chi connectivity index (χ1n) is 7.25. The molecular formula is C15H23NO3. The summed E-state index contributed by atoms with van der Waals surface area (Å²) in [5.74, 6) is 1.15. The molecule has 0 radical (unpaired) electrons. The SMILES string of the molecule is CCOC(=O)c1ccoc1CNCC1CCCCC1. The number of furan rings is 1. The molecule has 2 rings (SSSR count). The van der Waals surface area contributed by atoms with E-state index in [1.165, 1.54) is 32.1 Å². The molecule has 1 heterocycles. The molecule has 1 aliphatic carbocycles. The van der Waals surface area contributed by atoms with Gasteiger partial charge in [-0.3, -0.25) is 0 Å². The van der Waals surface area contributed by atoms with Gasteiger partial charge in [-0.2, -0.15) is 0 Å². The lowest BCUT2D eigenvalue weighted by molar-refractivity contribution is 0.0523. The highest BCUT2D eigenvalue weighted by atomic mass is 16.5. The third-order valence-corrected chi connectivity index (χ3v) is 3.68.